The molecule has 144 valence electrons. The number of hydrogen-bond donors (Lipinski definition) is 2. The maximum atomic E-state index is 12.7. The van der Waals surface area contributed by atoms with E-state index < -0.39 is 10.0 Å². The topological polar surface area (TPSA) is 75.3 Å². The van der Waals surface area contributed by atoms with Gasteiger partial charge in [0, 0.05) is 17.3 Å². The van der Waals surface area contributed by atoms with Crippen LogP contribution in [0.4, 0.5) is 5.69 Å². The highest BCUT2D eigenvalue weighted by Gasteiger charge is 2.23. The van der Waals surface area contributed by atoms with Crippen LogP contribution in [0.1, 0.15) is 53.6 Å². The number of aryl methyl sites for hydroxylation is 2. The van der Waals surface area contributed by atoms with Crippen molar-refractivity contribution in [3.8, 4) is 0 Å². The molecule has 0 unspecified atom stereocenters. The van der Waals surface area contributed by atoms with E-state index >= 15 is 0 Å². The maximum absolute atomic E-state index is 12.7. The van der Waals surface area contributed by atoms with Crippen LogP contribution in [0.25, 0.3) is 0 Å². The first-order valence-electron chi connectivity index (χ1n) is 9.36. The van der Waals surface area contributed by atoms with Crippen LogP contribution >= 0.6 is 0 Å². The van der Waals surface area contributed by atoms with Gasteiger partial charge in [-0.05, 0) is 62.1 Å². The second kappa shape index (κ2) is 8.23. The number of hydrogen-bond acceptors (Lipinski definition) is 3. The summed E-state index contributed by atoms with van der Waals surface area (Å²) in [5.74, 6) is -0.312. The third-order valence-corrected chi connectivity index (χ3v) is 6.49. The smallest absolute Gasteiger partial charge is 0.255 e. The van der Waals surface area contributed by atoms with Crippen LogP contribution < -0.4 is 10.0 Å². The number of anilines is 1. The maximum Gasteiger partial charge on any atom is 0.255 e. The summed E-state index contributed by atoms with van der Waals surface area (Å²) >= 11 is 0. The number of sulfonamides is 1. The van der Waals surface area contributed by atoms with Crippen LogP contribution in [-0.4, -0.2) is 20.4 Å². The van der Waals surface area contributed by atoms with Gasteiger partial charge >= 0.3 is 0 Å². The van der Waals surface area contributed by atoms with E-state index in [1.807, 2.05) is 31.2 Å². The predicted octanol–water partition coefficient (Wildman–Crippen LogP) is 4.17. The summed E-state index contributed by atoms with van der Waals surface area (Å²) in [5, 5.41) is 2.85. The largest absolute Gasteiger partial charge is 0.322 e. The number of amides is 1. The lowest BCUT2D eigenvalue weighted by atomic mass is 9.96. The Hall–Kier alpha value is -2.18. The van der Waals surface area contributed by atoms with Gasteiger partial charge < -0.3 is 5.32 Å². The second-order valence-electron chi connectivity index (χ2n) is 7.26. The van der Waals surface area contributed by atoms with Crippen LogP contribution in [0.2, 0.25) is 0 Å². The van der Waals surface area contributed by atoms with Gasteiger partial charge in [-0.25, -0.2) is 13.1 Å². The second-order valence-corrected chi connectivity index (χ2v) is 8.97. The highest BCUT2D eigenvalue weighted by atomic mass is 32.2. The average molecular weight is 387 g/mol. The molecule has 0 bridgehead atoms. The van der Waals surface area contributed by atoms with Crippen LogP contribution in [0.15, 0.2) is 47.4 Å². The van der Waals surface area contributed by atoms with E-state index in [9.17, 15) is 13.2 Å². The highest BCUT2D eigenvalue weighted by molar-refractivity contribution is 7.89. The molecule has 0 heterocycles. The summed E-state index contributed by atoms with van der Waals surface area (Å²) < 4.78 is 28.3. The molecule has 1 saturated carbocycles. The first-order valence-corrected chi connectivity index (χ1v) is 10.8. The van der Waals surface area contributed by atoms with Crippen molar-refractivity contribution < 1.29 is 13.2 Å². The molecular formula is C21H26N2O3S. The van der Waals surface area contributed by atoms with E-state index in [1.54, 1.807) is 19.1 Å². The Morgan fingerprint density at radius 3 is 2.44 bits per heavy atom. The molecule has 1 fully saturated rings. The van der Waals surface area contributed by atoms with Gasteiger partial charge in [-0.3, -0.25) is 4.79 Å². The fraction of sp³-hybridized carbons (Fsp3) is 0.381. The van der Waals surface area contributed by atoms with Crippen LogP contribution in [0, 0.1) is 13.8 Å². The number of benzene rings is 2. The average Bonchev–Trinajstić information content (AvgIpc) is 2.62. The Kier molecular flexibility index (Phi) is 5.97. The summed E-state index contributed by atoms with van der Waals surface area (Å²) in [5.41, 5.74) is 2.82. The molecule has 0 aliphatic heterocycles. The molecule has 1 aliphatic rings. The molecule has 2 aromatic rings. The van der Waals surface area contributed by atoms with Crippen LogP contribution in [0.5, 0.6) is 0 Å². The predicted molar refractivity (Wildman–Crippen MR) is 108 cm³/mol. The zero-order valence-electron chi connectivity index (χ0n) is 15.8. The van der Waals surface area contributed by atoms with Gasteiger partial charge in [-0.1, -0.05) is 37.5 Å². The molecule has 3 rings (SSSR count). The summed E-state index contributed by atoms with van der Waals surface area (Å²) in [6.45, 7) is 3.75. The number of carbonyl (C=O) groups is 1. The summed E-state index contributed by atoms with van der Waals surface area (Å²) in [7, 11) is -3.64. The van der Waals surface area contributed by atoms with Gasteiger partial charge in [0.05, 0.1) is 4.90 Å². The van der Waals surface area contributed by atoms with E-state index in [0.717, 1.165) is 43.2 Å². The number of nitrogens with one attached hydrogen (secondary N) is 2. The monoisotopic (exact) mass is 386 g/mol. The van der Waals surface area contributed by atoms with Gasteiger partial charge in [0.1, 0.15) is 0 Å². The third kappa shape index (κ3) is 4.96. The van der Waals surface area contributed by atoms with E-state index in [2.05, 4.69) is 10.0 Å². The van der Waals surface area contributed by atoms with Crippen molar-refractivity contribution in [3.63, 3.8) is 0 Å². The van der Waals surface area contributed by atoms with Crippen molar-refractivity contribution in [1.82, 2.24) is 4.72 Å². The molecule has 2 aromatic carbocycles. The first-order chi connectivity index (χ1) is 12.8. The van der Waals surface area contributed by atoms with E-state index in [1.165, 1.54) is 6.07 Å². The van der Waals surface area contributed by atoms with Crippen molar-refractivity contribution in [2.24, 2.45) is 0 Å². The Morgan fingerprint density at radius 2 is 1.74 bits per heavy atom. The summed E-state index contributed by atoms with van der Waals surface area (Å²) in [4.78, 5) is 12.8. The van der Waals surface area contributed by atoms with Crippen molar-refractivity contribution in [1.29, 1.82) is 0 Å². The third-order valence-electron chi connectivity index (χ3n) is 4.97. The fourth-order valence-electron chi connectivity index (χ4n) is 3.44. The van der Waals surface area contributed by atoms with Crippen molar-refractivity contribution in [2.75, 3.05) is 5.32 Å². The lowest BCUT2D eigenvalue weighted by Gasteiger charge is -2.22. The highest BCUT2D eigenvalue weighted by Crippen LogP contribution is 2.22. The summed E-state index contributed by atoms with van der Waals surface area (Å²) in [6, 6.07) is 12.2. The Balaban J connectivity index is 1.81. The van der Waals surface area contributed by atoms with E-state index in [0.29, 0.717) is 11.3 Å². The zero-order chi connectivity index (χ0) is 19.4. The first kappa shape index (κ1) is 19.6. The quantitative estimate of drug-likeness (QED) is 0.810. The zero-order valence-corrected chi connectivity index (χ0v) is 16.6. The van der Waals surface area contributed by atoms with Gasteiger partial charge in [0.2, 0.25) is 10.0 Å². The van der Waals surface area contributed by atoms with Gasteiger partial charge in [-0.2, -0.15) is 0 Å². The minimum atomic E-state index is -3.64. The van der Waals surface area contributed by atoms with Crippen molar-refractivity contribution in [2.45, 2.75) is 56.9 Å². The lowest BCUT2D eigenvalue weighted by molar-refractivity contribution is 0.102. The molecule has 0 atom stereocenters. The molecule has 2 N–H and O–H groups in total. The standard InChI is InChI=1S/C21H26N2O3S/c1-15-7-6-10-18(13-15)22-21(24)20-14-19(12-11-16(20)2)27(25,26)23-17-8-4-3-5-9-17/h6-7,10-14,17,23H,3-5,8-9H2,1-2H3,(H,22,24). The number of carbonyl (C=O) groups excluding carboxylic acids is 1. The lowest BCUT2D eigenvalue weighted by Crippen LogP contribution is -2.36. The van der Waals surface area contributed by atoms with Gasteiger partial charge in [-0.15, -0.1) is 0 Å². The van der Waals surface area contributed by atoms with Crippen molar-refractivity contribution in [3.05, 3.63) is 59.2 Å². The van der Waals surface area contributed by atoms with Gasteiger partial charge in [0.25, 0.3) is 5.91 Å². The van der Waals surface area contributed by atoms with Crippen LogP contribution in [0.3, 0.4) is 0 Å². The molecule has 0 spiro atoms. The fourth-order valence-corrected chi connectivity index (χ4v) is 4.77. The SMILES string of the molecule is Cc1cccc(NC(=O)c2cc(S(=O)(=O)NC3CCCCC3)ccc2C)c1. The Bertz CT molecular complexity index is 932. The van der Waals surface area contributed by atoms with E-state index in [-0.39, 0.29) is 16.8 Å². The molecule has 0 saturated heterocycles. The Labute approximate surface area is 161 Å². The van der Waals surface area contributed by atoms with Crippen LogP contribution in [-0.2, 0) is 10.0 Å². The molecular weight excluding hydrogens is 360 g/mol. The minimum Gasteiger partial charge on any atom is -0.322 e. The normalized spacial score (nSPS) is 15.5. The molecule has 1 amide bonds. The summed E-state index contributed by atoms with van der Waals surface area (Å²) in [6.07, 6.45) is 4.99. The molecule has 0 radical (unpaired) electrons. The van der Waals surface area contributed by atoms with E-state index in [4.69, 9.17) is 0 Å². The minimum absolute atomic E-state index is 0.0189. The number of rotatable bonds is 5. The van der Waals surface area contributed by atoms with Crippen molar-refractivity contribution >= 4 is 21.6 Å². The van der Waals surface area contributed by atoms with Gasteiger partial charge in [0.15, 0.2) is 0 Å². The molecule has 1 aliphatic carbocycles. The molecule has 5 nitrogen and oxygen atoms in total. The Morgan fingerprint density at radius 1 is 1.00 bits per heavy atom. The molecule has 6 heteroatoms. The molecule has 27 heavy (non-hydrogen) atoms. The molecule has 0 aromatic heterocycles.